The molecule has 4 aliphatic heterocycles. The first-order chi connectivity index (χ1) is 13.2. The lowest BCUT2D eigenvalue weighted by atomic mass is 9.66. The van der Waals surface area contributed by atoms with E-state index in [0.29, 0.717) is 11.5 Å². The number of carbonyl (C=O) groups is 1. The minimum Gasteiger partial charge on any atom is -0.300 e. The van der Waals surface area contributed by atoms with Gasteiger partial charge in [-0.25, -0.2) is 5.43 Å². The fraction of sp³-hybridized carbons (Fsp3) is 0.381. The summed E-state index contributed by atoms with van der Waals surface area (Å²) >= 11 is 0. The Morgan fingerprint density at radius 2 is 1.70 bits per heavy atom. The predicted octanol–water partition coefficient (Wildman–Crippen LogP) is 1.37. The molecular formula is C21H23N5O. The maximum absolute atomic E-state index is 12.5. The minimum absolute atomic E-state index is 0.148. The number of pyridine rings is 1. The average molecular weight is 361 g/mol. The van der Waals surface area contributed by atoms with Crippen LogP contribution in [0.2, 0.25) is 0 Å². The van der Waals surface area contributed by atoms with E-state index in [4.69, 9.17) is 5.10 Å². The second kappa shape index (κ2) is 6.55. The smallest absolute Gasteiger partial charge is 0.271 e. The van der Waals surface area contributed by atoms with Crippen molar-refractivity contribution in [2.24, 2.45) is 11.0 Å². The van der Waals surface area contributed by atoms with Crippen LogP contribution in [0.5, 0.6) is 0 Å². The number of carbonyl (C=O) groups excluding carboxylic acids is 1. The Balaban J connectivity index is 1.52. The Morgan fingerprint density at radius 1 is 1.04 bits per heavy atom. The lowest BCUT2D eigenvalue weighted by molar-refractivity contribution is 0.0951. The van der Waals surface area contributed by atoms with Gasteiger partial charge in [0.1, 0.15) is 0 Å². The molecule has 5 heterocycles. The maximum Gasteiger partial charge on any atom is 0.271 e. The summed E-state index contributed by atoms with van der Waals surface area (Å²) in [5.74, 6) is 0.174. The van der Waals surface area contributed by atoms with E-state index in [1.54, 1.807) is 24.5 Å². The lowest BCUT2D eigenvalue weighted by Crippen LogP contribution is -2.64. The van der Waals surface area contributed by atoms with Gasteiger partial charge in [0.2, 0.25) is 0 Å². The standard InChI is InChI=1S/C21H23N5O/c27-20(16-6-8-22-9-7-16)24-23-19-17-12-25-10-11-26(13-17)15-21(19,14-25)18-4-2-1-3-5-18/h1-9,17H,10-15H2,(H,24,27). The van der Waals surface area contributed by atoms with Crippen LogP contribution in [-0.2, 0) is 5.41 Å². The molecule has 1 aromatic heterocycles. The molecule has 0 saturated carbocycles. The van der Waals surface area contributed by atoms with Gasteiger partial charge in [0.15, 0.2) is 0 Å². The van der Waals surface area contributed by atoms with E-state index in [1.807, 2.05) is 0 Å². The first-order valence-electron chi connectivity index (χ1n) is 9.53. The van der Waals surface area contributed by atoms with Gasteiger partial charge in [0, 0.05) is 63.1 Å². The fourth-order valence-corrected chi connectivity index (χ4v) is 4.94. The van der Waals surface area contributed by atoms with Crippen molar-refractivity contribution in [3.8, 4) is 0 Å². The number of aromatic nitrogens is 1. The molecule has 1 N–H and O–H groups in total. The van der Waals surface area contributed by atoms with Crippen molar-refractivity contribution in [1.82, 2.24) is 20.2 Å². The largest absolute Gasteiger partial charge is 0.300 e. The van der Waals surface area contributed by atoms with Crippen molar-refractivity contribution in [3.63, 3.8) is 0 Å². The zero-order valence-corrected chi connectivity index (χ0v) is 15.2. The number of piperidine rings is 2. The van der Waals surface area contributed by atoms with E-state index in [0.717, 1.165) is 45.0 Å². The molecule has 1 aromatic carbocycles. The van der Waals surface area contributed by atoms with Crippen LogP contribution < -0.4 is 5.43 Å². The first kappa shape index (κ1) is 16.6. The van der Waals surface area contributed by atoms with Crippen LogP contribution >= 0.6 is 0 Å². The highest BCUT2D eigenvalue weighted by Gasteiger charge is 2.53. The molecule has 4 bridgehead atoms. The molecule has 1 amide bonds. The summed E-state index contributed by atoms with van der Waals surface area (Å²) in [6, 6.07) is 14.1. The third-order valence-electron chi connectivity index (χ3n) is 6.10. The Hall–Kier alpha value is -2.57. The summed E-state index contributed by atoms with van der Waals surface area (Å²) in [6.45, 7) is 6.20. The van der Waals surface area contributed by atoms with E-state index in [1.165, 1.54) is 5.56 Å². The van der Waals surface area contributed by atoms with Crippen molar-refractivity contribution in [2.75, 3.05) is 39.3 Å². The third kappa shape index (κ3) is 2.85. The number of benzene rings is 1. The van der Waals surface area contributed by atoms with Crippen molar-refractivity contribution >= 4 is 11.6 Å². The number of hydrogen-bond donors (Lipinski definition) is 1. The van der Waals surface area contributed by atoms with Gasteiger partial charge < -0.3 is 9.80 Å². The highest BCUT2D eigenvalue weighted by atomic mass is 16.2. The number of hydrazone groups is 1. The zero-order valence-electron chi connectivity index (χ0n) is 15.2. The molecule has 2 aromatic rings. The molecule has 0 spiro atoms. The molecule has 4 fully saturated rings. The van der Waals surface area contributed by atoms with Gasteiger partial charge in [-0.05, 0) is 17.7 Å². The van der Waals surface area contributed by atoms with Gasteiger partial charge in [-0.15, -0.1) is 0 Å². The normalized spacial score (nSPS) is 33.0. The monoisotopic (exact) mass is 361 g/mol. The molecule has 4 saturated heterocycles. The molecule has 138 valence electrons. The zero-order chi connectivity index (χ0) is 18.3. The summed E-state index contributed by atoms with van der Waals surface area (Å²) in [5.41, 5.74) is 5.68. The number of hydrogen-bond acceptors (Lipinski definition) is 5. The summed E-state index contributed by atoms with van der Waals surface area (Å²) in [6.07, 6.45) is 3.25. The molecule has 0 radical (unpaired) electrons. The van der Waals surface area contributed by atoms with Crippen LogP contribution in [0.15, 0.2) is 60.0 Å². The molecule has 2 atom stereocenters. The van der Waals surface area contributed by atoms with Crippen LogP contribution in [0.25, 0.3) is 0 Å². The second-order valence-corrected chi connectivity index (χ2v) is 7.79. The molecule has 6 heteroatoms. The summed E-state index contributed by atoms with van der Waals surface area (Å²) < 4.78 is 0. The Morgan fingerprint density at radius 3 is 2.37 bits per heavy atom. The number of nitrogens with zero attached hydrogens (tertiary/aromatic N) is 4. The van der Waals surface area contributed by atoms with Crippen LogP contribution in [-0.4, -0.2) is 65.7 Å². The summed E-state index contributed by atoms with van der Waals surface area (Å²) in [4.78, 5) is 21.6. The van der Waals surface area contributed by atoms with Gasteiger partial charge in [0.25, 0.3) is 5.91 Å². The fourth-order valence-electron chi connectivity index (χ4n) is 4.94. The average Bonchev–Trinajstić information content (AvgIpc) is 2.96. The van der Waals surface area contributed by atoms with Crippen molar-refractivity contribution in [2.45, 2.75) is 5.41 Å². The van der Waals surface area contributed by atoms with Crippen LogP contribution in [0, 0.1) is 5.92 Å². The van der Waals surface area contributed by atoms with Crippen molar-refractivity contribution in [3.05, 3.63) is 66.0 Å². The van der Waals surface area contributed by atoms with Crippen LogP contribution in [0.1, 0.15) is 15.9 Å². The van der Waals surface area contributed by atoms with Gasteiger partial charge in [0.05, 0.1) is 11.1 Å². The highest BCUT2D eigenvalue weighted by molar-refractivity contribution is 6.01. The molecule has 27 heavy (non-hydrogen) atoms. The quantitative estimate of drug-likeness (QED) is 0.839. The van der Waals surface area contributed by atoms with E-state index >= 15 is 0 Å². The van der Waals surface area contributed by atoms with Gasteiger partial charge in [-0.1, -0.05) is 30.3 Å². The summed E-state index contributed by atoms with van der Waals surface area (Å²) in [5, 5.41) is 4.73. The molecular weight excluding hydrogens is 338 g/mol. The van der Waals surface area contributed by atoms with Gasteiger partial charge >= 0.3 is 0 Å². The van der Waals surface area contributed by atoms with Crippen molar-refractivity contribution in [1.29, 1.82) is 0 Å². The number of nitrogens with one attached hydrogen (secondary N) is 1. The Labute approximate surface area is 158 Å². The first-order valence-corrected chi connectivity index (χ1v) is 9.53. The molecule has 0 aliphatic carbocycles. The lowest BCUT2D eigenvalue weighted by Gasteiger charge is -2.50. The predicted molar refractivity (Wildman–Crippen MR) is 104 cm³/mol. The van der Waals surface area contributed by atoms with Crippen LogP contribution in [0.4, 0.5) is 0 Å². The van der Waals surface area contributed by atoms with Crippen molar-refractivity contribution < 1.29 is 4.79 Å². The van der Waals surface area contributed by atoms with E-state index in [-0.39, 0.29) is 11.3 Å². The topological polar surface area (TPSA) is 60.8 Å². The number of fused-ring (bicyclic) bond motifs is 1. The van der Waals surface area contributed by atoms with Gasteiger partial charge in [-0.3, -0.25) is 9.78 Å². The minimum atomic E-state index is -0.180. The van der Waals surface area contributed by atoms with Gasteiger partial charge in [-0.2, -0.15) is 5.10 Å². The summed E-state index contributed by atoms with van der Waals surface area (Å²) in [7, 11) is 0. The molecule has 4 aliphatic rings. The SMILES string of the molecule is O=C(NN=C1C2CN3CCN(C2)CC1(c1ccccc1)C3)c1ccncc1. The Kier molecular flexibility index (Phi) is 4.02. The molecule has 2 unspecified atom stereocenters. The number of amides is 1. The maximum atomic E-state index is 12.5. The molecule has 6 nitrogen and oxygen atoms in total. The Bertz CT molecular complexity index is 851. The van der Waals surface area contributed by atoms with E-state index in [2.05, 4.69) is 50.5 Å². The second-order valence-electron chi connectivity index (χ2n) is 7.79. The van der Waals surface area contributed by atoms with E-state index < -0.39 is 0 Å². The third-order valence-corrected chi connectivity index (χ3v) is 6.10. The van der Waals surface area contributed by atoms with Crippen LogP contribution in [0.3, 0.4) is 0 Å². The number of rotatable bonds is 3. The van der Waals surface area contributed by atoms with E-state index in [9.17, 15) is 4.79 Å². The highest BCUT2D eigenvalue weighted by Crippen LogP contribution is 2.40. The molecule has 6 rings (SSSR count).